The molecule has 1 aromatic carbocycles. The summed E-state index contributed by atoms with van der Waals surface area (Å²) in [5.74, 6) is 0.123. The minimum atomic E-state index is 0.123. The third-order valence-corrected chi connectivity index (χ3v) is 2.20. The quantitative estimate of drug-likeness (QED) is 0.651. The first kappa shape index (κ1) is 11.3. The highest BCUT2D eigenvalue weighted by atomic mass is 35.5. The predicted molar refractivity (Wildman–Crippen MR) is 58.5 cm³/mol. The van der Waals surface area contributed by atoms with Crippen LogP contribution in [-0.2, 0) is 6.54 Å². The van der Waals surface area contributed by atoms with Crippen LogP contribution in [0.1, 0.15) is 12.0 Å². The second-order valence-electron chi connectivity index (χ2n) is 3.10. The molecule has 0 saturated heterocycles. The van der Waals surface area contributed by atoms with Gasteiger partial charge in [0, 0.05) is 6.54 Å². The van der Waals surface area contributed by atoms with Gasteiger partial charge in [-0.05, 0) is 37.2 Å². The van der Waals surface area contributed by atoms with Gasteiger partial charge in [-0.25, -0.2) is 0 Å². The summed E-state index contributed by atoms with van der Waals surface area (Å²) < 4.78 is 0. The number of aromatic hydroxyl groups is 1. The van der Waals surface area contributed by atoms with Crippen molar-refractivity contribution in [1.29, 1.82) is 0 Å². The molecule has 0 amide bonds. The van der Waals surface area contributed by atoms with E-state index in [0.717, 1.165) is 25.1 Å². The van der Waals surface area contributed by atoms with Crippen molar-refractivity contribution < 1.29 is 5.11 Å². The number of halogens is 1. The molecule has 0 aliphatic heterocycles. The maximum atomic E-state index is 9.18. The van der Waals surface area contributed by atoms with Gasteiger partial charge in [-0.1, -0.05) is 17.7 Å². The summed E-state index contributed by atoms with van der Waals surface area (Å²) in [6, 6.07) is 5.20. The summed E-state index contributed by atoms with van der Waals surface area (Å²) in [6.45, 7) is 2.35. The van der Waals surface area contributed by atoms with Gasteiger partial charge in [0.2, 0.25) is 0 Å². The second-order valence-corrected chi connectivity index (χ2v) is 3.51. The van der Waals surface area contributed by atoms with Crippen molar-refractivity contribution in [1.82, 2.24) is 5.32 Å². The zero-order valence-electron chi connectivity index (χ0n) is 7.96. The van der Waals surface area contributed by atoms with Crippen LogP contribution in [0.25, 0.3) is 0 Å². The van der Waals surface area contributed by atoms with Crippen LogP contribution in [0.4, 0.5) is 0 Å². The topological polar surface area (TPSA) is 58.3 Å². The van der Waals surface area contributed by atoms with Gasteiger partial charge >= 0.3 is 0 Å². The Bertz CT molecular complexity index is 291. The minimum Gasteiger partial charge on any atom is -0.506 e. The Morgan fingerprint density at radius 2 is 2.21 bits per heavy atom. The van der Waals surface area contributed by atoms with E-state index in [-0.39, 0.29) is 5.75 Å². The van der Waals surface area contributed by atoms with E-state index < -0.39 is 0 Å². The van der Waals surface area contributed by atoms with E-state index in [0.29, 0.717) is 11.6 Å². The summed E-state index contributed by atoms with van der Waals surface area (Å²) >= 11 is 5.76. The van der Waals surface area contributed by atoms with E-state index in [2.05, 4.69) is 5.32 Å². The van der Waals surface area contributed by atoms with Gasteiger partial charge < -0.3 is 16.2 Å². The first-order valence-corrected chi connectivity index (χ1v) is 5.00. The van der Waals surface area contributed by atoms with Crippen LogP contribution in [0, 0.1) is 0 Å². The molecule has 0 saturated carbocycles. The molecule has 0 unspecified atom stereocenters. The van der Waals surface area contributed by atoms with Crippen molar-refractivity contribution in [3.05, 3.63) is 28.8 Å². The highest BCUT2D eigenvalue weighted by Gasteiger charge is 1.98. The Hall–Kier alpha value is -0.770. The second kappa shape index (κ2) is 5.86. The Morgan fingerprint density at radius 1 is 1.43 bits per heavy atom. The van der Waals surface area contributed by atoms with Gasteiger partial charge in [-0.2, -0.15) is 0 Å². The van der Waals surface area contributed by atoms with E-state index in [9.17, 15) is 5.11 Å². The normalized spacial score (nSPS) is 10.4. The summed E-state index contributed by atoms with van der Waals surface area (Å²) in [5.41, 5.74) is 6.42. The molecule has 0 atom stereocenters. The van der Waals surface area contributed by atoms with Gasteiger partial charge in [-0.15, -0.1) is 0 Å². The molecule has 0 bridgehead atoms. The van der Waals surface area contributed by atoms with Crippen molar-refractivity contribution in [2.75, 3.05) is 13.1 Å². The van der Waals surface area contributed by atoms with E-state index in [1.165, 1.54) is 0 Å². The van der Waals surface area contributed by atoms with Gasteiger partial charge in [0.05, 0.1) is 5.02 Å². The Morgan fingerprint density at radius 3 is 2.86 bits per heavy atom. The smallest absolute Gasteiger partial charge is 0.134 e. The van der Waals surface area contributed by atoms with Gasteiger partial charge in [0.1, 0.15) is 5.75 Å². The van der Waals surface area contributed by atoms with Crippen LogP contribution < -0.4 is 11.1 Å². The summed E-state index contributed by atoms with van der Waals surface area (Å²) in [6.07, 6.45) is 0.964. The highest BCUT2D eigenvalue weighted by Crippen LogP contribution is 2.23. The van der Waals surface area contributed by atoms with E-state index >= 15 is 0 Å². The molecule has 0 radical (unpaired) electrons. The number of hydrogen-bond donors (Lipinski definition) is 3. The maximum absolute atomic E-state index is 9.18. The lowest BCUT2D eigenvalue weighted by Gasteiger charge is -2.05. The van der Waals surface area contributed by atoms with Gasteiger partial charge in [0.25, 0.3) is 0 Å². The first-order valence-electron chi connectivity index (χ1n) is 4.62. The Balaban J connectivity index is 2.39. The molecule has 0 aliphatic carbocycles. The molecule has 4 N–H and O–H groups in total. The van der Waals surface area contributed by atoms with Crippen molar-refractivity contribution in [3.63, 3.8) is 0 Å². The minimum absolute atomic E-state index is 0.123. The SMILES string of the molecule is NCCCNCc1ccc(O)c(Cl)c1. The first-order chi connectivity index (χ1) is 6.74. The standard InChI is InChI=1S/C10H15ClN2O/c11-9-6-8(2-3-10(9)14)7-13-5-1-4-12/h2-3,6,13-14H,1,4-5,7,12H2. The molecule has 0 heterocycles. The zero-order valence-corrected chi connectivity index (χ0v) is 8.72. The lowest BCUT2D eigenvalue weighted by molar-refractivity contribution is 0.475. The number of hydrogen-bond acceptors (Lipinski definition) is 3. The van der Waals surface area contributed by atoms with E-state index in [1.807, 2.05) is 6.07 Å². The van der Waals surface area contributed by atoms with E-state index in [4.69, 9.17) is 17.3 Å². The average molecular weight is 215 g/mol. The fourth-order valence-electron chi connectivity index (χ4n) is 1.12. The number of phenols is 1. The maximum Gasteiger partial charge on any atom is 0.134 e. The molecule has 0 aromatic heterocycles. The third-order valence-electron chi connectivity index (χ3n) is 1.90. The number of nitrogens with two attached hydrogens (primary N) is 1. The van der Waals surface area contributed by atoms with Crippen LogP contribution in [0.15, 0.2) is 18.2 Å². The fraction of sp³-hybridized carbons (Fsp3) is 0.400. The van der Waals surface area contributed by atoms with Crippen LogP contribution in [0.2, 0.25) is 5.02 Å². The van der Waals surface area contributed by atoms with Crippen molar-refractivity contribution >= 4 is 11.6 Å². The van der Waals surface area contributed by atoms with Gasteiger partial charge in [-0.3, -0.25) is 0 Å². The van der Waals surface area contributed by atoms with Crippen molar-refractivity contribution in [3.8, 4) is 5.75 Å². The van der Waals surface area contributed by atoms with Crippen molar-refractivity contribution in [2.45, 2.75) is 13.0 Å². The highest BCUT2D eigenvalue weighted by molar-refractivity contribution is 6.32. The molecule has 4 heteroatoms. The van der Waals surface area contributed by atoms with Crippen LogP contribution >= 0.6 is 11.6 Å². The number of benzene rings is 1. The molecule has 14 heavy (non-hydrogen) atoms. The summed E-state index contributed by atoms with van der Waals surface area (Å²) in [5, 5.41) is 12.8. The number of nitrogens with one attached hydrogen (secondary N) is 1. The van der Waals surface area contributed by atoms with E-state index in [1.54, 1.807) is 12.1 Å². The number of rotatable bonds is 5. The predicted octanol–water partition coefficient (Wildman–Crippen LogP) is 1.48. The van der Waals surface area contributed by atoms with Crippen LogP contribution in [0.3, 0.4) is 0 Å². The van der Waals surface area contributed by atoms with Crippen molar-refractivity contribution in [2.24, 2.45) is 5.73 Å². The fourth-order valence-corrected chi connectivity index (χ4v) is 1.32. The molecular formula is C10H15ClN2O. The molecular weight excluding hydrogens is 200 g/mol. The lowest BCUT2D eigenvalue weighted by Crippen LogP contribution is -2.17. The van der Waals surface area contributed by atoms with Crippen LogP contribution in [-0.4, -0.2) is 18.2 Å². The monoisotopic (exact) mass is 214 g/mol. The molecule has 78 valence electrons. The molecule has 1 rings (SSSR count). The Labute approximate surface area is 88.9 Å². The Kier molecular flexibility index (Phi) is 4.73. The summed E-state index contributed by atoms with van der Waals surface area (Å²) in [7, 11) is 0. The zero-order chi connectivity index (χ0) is 10.4. The molecule has 1 aromatic rings. The molecule has 3 nitrogen and oxygen atoms in total. The molecule has 0 fully saturated rings. The summed E-state index contributed by atoms with van der Waals surface area (Å²) in [4.78, 5) is 0. The average Bonchev–Trinajstić information content (AvgIpc) is 2.18. The number of phenolic OH excluding ortho intramolecular Hbond substituents is 1. The molecule has 0 aliphatic rings. The third kappa shape index (κ3) is 3.54. The molecule has 0 spiro atoms. The largest absolute Gasteiger partial charge is 0.506 e. The lowest BCUT2D eigenvalue weighted by atomic mass is 10.2. The van der Waals surface area contributed by atoms with Crippen LogP contribution in [0.5, 0.6) is 5.75 Å². The van der Waals surface area contributed by atoms with Gasteiger partial charge in [0.15, 0.2) is 0 Å².